The van der Waals surface area contributed by atoms with E-state index < -0.39 is 0 Å². The van der Waals surface area contributed by atoms with Crippen molar-refractivity contribution in [3.05, 3.63) is 65.2 Å². The second-order valence-electron chi connectivity index (χ2n) is 6.00. The van der Waals surface area contributed by atoms with Crippen LogP contribution in [0, 0.1) is 11.8 Å². The number of fused-ring (bicyclic) bond motifs is 2. The topological polar surface area (TPSA) is 78.5 Å². The van der Waals surface area contributed by atoms with Crippen LogP contribution in [0.5, 0.6) is 0 Å². The molecule has 2 aromatic carbocycles. The van der Waals surface area contributed by atoms with E-state index in [9.17, 15) is 14.4 Å². The first kappa shape index (κ1) is 18.2. The maximum atomic E-state index is 12.9. The van der Waals surface area contributed by atoms with Gasteiger partial charge < -0.3 is 15.5 Å². The summed E-state index contributed by atoms with van der Waals surface area (Å²) in [7, 11) is 0. The van der Waals surface area contributed by atoms with Gasteiger partial charge in [0.05, 0.1) is 18.8 Å². The van der Waals surface area contributed by atoms with Crippen molar-refractivity contribution in [1.29, 1.82) is 0 Å². The van der Waals surface area contributed by atoms with Crippen LogP contribution in [0.2, 0.25) is 0 Å². The third-order valence-electron chi connectivity index (χ3n) is 4.18. The molecule has 136 valence electrons. The molecule has 0 saturated heterocycles. The fourth-order valence-electron chi connectivity index (χ4n) is 2.85. The van der Waals surface area contributed by atoms with Crippen LogP contribution in [0.15, 0.2) is 48.5 Å². The number of hydrogen-bond acceptors (Lipinski definition) is 3. The number of carbonyl (C=O) groups excluding carboxylic acids is 3. The van der Waals surface area contributed by atoms with Gasteiger partial charge in [-0.05, 0) is 23.8 Å². The number of nitrogens with zero attached hydrogens (tertiary/aromatic N) is 1. The number of para-hydroxylation sites is 1. The quantitative estimate of drug-likeness (QED) is 0.599. The largest absolute Gasteiger partial charge is 0.354 e. The monoisotopic (exact) mass is 361 g/mol. The molecule has 1 heterocycles. The van der Waals surface area contributed by atoms with E-state index in [0.717, 1.165) is 22.4 Å². The molecule has 0 bridgehead atoms. The highest BCUT2D eigenvalue weighted by atomic mass is 16.2. The maximum Gasteiger partial charge on any atom is 0.239 e. The molecule has 0 aliphatic carbocycles. The van der Waals surface area contributed by atoms with Crippen molar-refractivity contribution in [2.45, 2.75) is 13.0 Å². The molecule has 1 aliphatic heterocycles. The molecule has 3 amide bonds. The Morgan fingerprint density at radius 3 is 2.56 bits per heavy atom. The average molecular weight is 361 g/mol. The Balaban J connectivity index is 1.78. The number of nitrogens with one attached hydrogen (secondary N) is 2. The highest BCUT2D eigenvalue weighted by Gasteiger charge is 2.20. The van der Waals surface area contributed by atoms with Crippen molar-refractivity contribution < 1.29 is 14.4 Å². The number of amides is 3. The van der Waals surface area contributed by atoms with Crippen LogP contribution in [0.25, 0.3) is 0 Å². The summed E-state index contributed by atoms with van der Waals surface area (Å²) in [5, 5.41) is 4.91. The van der Waals surface area contributed by atoms with Gasteiger partial charge in [-0.2, -0.15) is 0 Å². The Morgan fingerprint density at radius 1 is 1.04 bits per heavy atom. The van der Waals surface area contributed by atoms with Crippen molar-refractivity contribution in [2.24, 2.45) is 0 Å². The SMILES string of the molecule is O=CNCC(=O)NCCC(=O)N1Cc2ccccc2C#Cc2ccccc21. The molecule has 0 aromatic heterocycles. The molecule has 0 atom stereocenters. The van der Waals surface area contributed by atoms with E-state index in [2.05, 4.69) is 22.5 Å². The fraction of sp³-hybridized carbons (Fsp3) is 0.190. The molecule has 3 rings (SSSR count). The van der Waals surface area contributed by atoms with Crippen molar-refractivity contribution in [1.82, 2.24) is 10.6 Å². The normalized spacial score (nSPS) is 11.6. The fourth-order valence-corrected chi connectivity index (χ4v) is 2.85. The molecule has 0 spiro atoms. The second-order valence-corrected chi connectivity index (χ2v) is 6.00. The summed E-state index contributed by atoms with van der Waals surface area (Å²) in [5.74, 6) is 5.89. The summed E-state index contributed by atoms with van der Waals surface area (Å²) < 4.78 is 0. The van der Waals surface area contributed by atoms with E-state index in [4.69, 9.17) is 0 Å². The molecule has 6 heteroatoms. The van der Waals surface area contributed by atoms with Crippen LogP contribution < -0.4 is 15.5 Å². The summed E-state index contributed by atoms with van der Waals surface area (Å²) >= 11 is 0. The minimum absolute atomic E-state index is 0.104. The van der Waals surface area contributed by atoms with Crippen LogP contribution in [0.4, 0.5) is 5.69 Å². The molecule has 6 nitrogen and oxygen atoms in total. The molecule has 2 aromatic rings. The summed E-state index contributed by atoms with van der Waals surface area (Å²) in [6, 6.07) is 15.3. The van der Waals surface area contributed by atoms with Gasteiger partial charge in [-0.1, -0.05) is 42.2 Å². The first-order chi connectivity index (χ1) is 13.2. The van der Waals surface area contributed by atoms with Gasteiger partial charge in [0.25, 0.3) is 0 Å². The number of anilines is 1. The summed E-state index contributed by atoms with van der Waals surface area (Å²) in [4.78, 5) is 36.4. The average Bonchev–Trinajstić information content (AvgIpc) is 2.68. The Kier molecular flexibility index (Phi) is 5.85. The van der Waals surface area contributed by atoms with Crippen molar-refractivity contribution in [3.63, 3.8) is 0 Å². The van der Waals surface area contributed by atoms with E-state index in [1.165, 1.54) is 0 Å². The van der Waals surface area contributed by atoms with E-state index in [0.29, 0.717) is 13.0 Å². The van der Waals surface area contributed by atoms with Crippen LogP contribution in [0.3, 0.4) is 0 Å². The predicted octanol–water partition coefficient (Wildman–Crippen LogP) is 1.19. The molecule has 27 heavy (non-hydrogen) atoms. The smallest absolute Gasteiger partial charge is 0.239 e. The Labute approximate surface area is 157 Å². The number of hydrogen-bond donors (Lipinski definition) is 2. The van der Waals surface area contributed by atoms with Crippen molar-refractivity contribution in [2.75, 3.05) is 18.0 Å². The molecule has 0 radical (unpaired) electrons. The van der Waals surface area contributed by atoms with Crippen LogP contribution in [0.1, 0.15) is 23.1 Å². The van der Waals surface area contributed by atoms with Gasteiger partial charge in [-0.3, -0.25) is 14.4 Å². The van der Waals surface area contributed by atoms with Crippen LogP contribution in [-0.4, -0.2) is 31.3 Å². The number of benzene rings is 2. The molecule has 1 aliphatic rings. The zero-order valence-corrected chi connectivity index (χ0v) is 14.7. The van der Waals surface area contributed by atoms with E-state index in [1.807, 2.05) is 48.5 Å². The highest BCUT2D eigenvalue weighted by Crippen LogP contribution is 2.25. The van der Waals surface area contributed by atoms with Crippen LogP contribution >= 0.6 is 0 Å². The van der Waals surface area contributed by atoms with Gasteiger partial charge in [-0.15, -0.1) is 0 Å². The zero-order chi connectivity index (χ0) is 19.1. The van der Waals surface area contributed by atoms with Gasteiger partial charge in [0.15, 0.2) is 0 Å². The molecular weight excluding hydrogens is 342 g/mol. The van der Waals surface area contributed by atoms with Gasteiger partial charge >= 0.3 is 0 Å². The van der Waals surface area contributed by atoms with Gasteiger partial charge in [0.1, 0.15) is 0 Å². The first-order valence-electron chi connectivity index (χ1n) is 8.62. The molecule has 0 saturated carbocycles. The van der Waals surface area contributed by atoms with Gasteiger partial charge in [-0.25, -0.2) is 0 Å². The minimum atomic E-state index is -0.334. The summed E-state index contributed by atoms with van der Waals surface area (Å²) in [6.07, 6.45) is 0.608. The summed E-state index contributed by atoms with van der Waals surface area (Å²) in [5.41, 5.74) is 3.43. The lowest BCUT2D eigenvalue weighted by Gasteiger charge is -2.26. The van der Waals surface area contributed by atoms with Crippen molar-refractivity contribution >= 4 is 23.9 Å². The summed E-state index contributed by atoms with van der Waals surface area (Å²) in [6.45, 7) is 0.513. The van der Waals surface area contributed by atoms with E-state index in [1.54, 1.807) is 4.90 Å². The van der Waals surface area contributed by atoms with Crippen LogP contribution in [-0.2, 0) is 20.9 Å². The second kappa shape index (κ2) is 8.68. The van der Waals surface area contributed by atoms with Gasteiger partial charge in [0, 0.05) is 24.1 Å². The van der Waals surface area contributed by atoms with Crippen molar-refractivity contribution in [3.8, 4) is 11.8 Å². The number of rotatable bonds is 6. The zero-order valence-electron chi connectivity index (χ0n) is 14.7. The lowest BCUT2D eigenvalue weighted by molar-refractivity contribution is -0.122. The maximum absolute atomic E-state index is 12.9. The Bertz CT molecular complexity index is 928. The minimum Gasteiger partial charge on any atom is -0.354 e. The predicted molar refractivity (Wildman–Crippen MR) is 102 cm³/mol. The molecule has 2 N–H and O–H groups in total. The highest BCUT2D eigenvalue weighted by molar-refractivity contribution is 5.95. The molecule has 0 unspecified atom stereocenters. The number of carbonyl (C=O) groups is 3. The Morgan fingerprint density at radius 2 is 1.74 bits per heavy atom. The standard InChI is InChI=1S/C21H19N3O3/c25-15-22-13-20(26)23-12-11-21(27)24-14-18-7-2-1-5-16(18)9-10-17-6-3-4-8-19(17)24/h1-8,15H,11-14H2,(H,22,25)(H,23,26). The van der Waals surface area contributed by atoms with E-state index >= 15 is 0 Å². The third-order valence-corrected chi connectivity index (χ3v) is 4.18. The lowest BCUT2D eigenvalue weighted by Crippen LogP contribution is -2.37. The first-order valence-corrected chi connectivity index (χ1v) is 8.62. The lowest BCUT2D eigenvalue weighted by atomic mass is 10.0. The Hall–Kier alpha value is -3.59. The molecular formula is C21H19N3O3. The van der Waals surface area contributed by atoms with E-state index in [-0.39, 0.29) is 31.3 Å². The molecule has 0 fully saturated rings. The third kappa shape index (κ3) is 4.53. The van der Waals surface area contributed by atoms with Gasteiger partial charge in [0.2, 0.25) is 18.2 Å².